The second-order valence-corrected chi connectivity index (χ2v) is 8.14. The summed E-state index contributed by atoms with van der Waals surface area (Å²) in [5.41, 5.74) is 6.38. The normalized spacial score (nSPS) is 19.3. The quantitative estimate of drug-likeness (QED) is 0.826. The van der Waals surface area contributed by atoms with E-state index in [1.165, 1.54) is 23.8 Å². The van der Waals surface area contributed by atoms with Gasteiger partial charge in [-0.1, -0.05) is 6.07 Å². The van der Waals surface area contributed by atoms with Crippen molar-refractivity contribution in [2.45, 2.75) is 5.37 Å². The van der Waals surface area contributed by atoms with Crippen molar-refractivity contribution in [3.05, 3.63) is 23.8 Å². The van der Waals surface area contributed by atoms with Gasteiger partial charge < -0.3 is 15.4 Å². The molecule has 0 spiro atoms. The summed E-state index contributed by atoms with van der Waals surface area (Å²) in [5, 5.41) is -0.826. The van der Waals surface area contributed by atoms with Crippen molar-refractivity contribution in [3.8, 4) is 5.75 Å². The zero-order chi connectivity index (χ0) is 15.6. The van der Waals surface area contributed by atoms with Crippen molar-refractivity contribution in [3.63, 3.8) is 0 Å². The van der Waals surface area contributed by atoms with E-state index in [0.717, 1.165) is 6.26 Å². The van der Waals surface area contributed by atoms with Gasteiger partial charge in [0.25, 0.3) is 5.91 Å². The molecular formula is C13H18N2O4S2. The lowest BCUT2D eigenvalue weighted by Crippen LogP contribution is -2.50. The van der Waals surface area contributed by atoms with E-state index in [4.69, 9.17) is 10.5 Å². The first-order chi connectivity index (χ1) is 9.86. The molecule has 1 aliphatic rings. The number of carbonyl (C=O) groups excluding carboxylic acids is 1. The molecule has 8 heteroatoms. The van der Waals surface area contributed by atoms with Gasteiger partial charge in [-0.15, -0.1) is 0 Å². The second-order valence-electron chi connectivity index (χ2n) is 4.78. The van der Waals surface area contributed by atoms with E-state index in [2.05, 4.69) is 0 Å². The van der Waals surface area contributed by atoms with E-state index in [0.29, 0.717) is 23.8 Å². The predicted molar refractivity (Wildman–Crippen MR) is 84.4 cm³/mol. The minimum absolute atomic E-state index is 0.223. The van der Waals surface area contributed by atoms with Gasteiger partial charge in [0.1, 0.15) is 16.7 Å². The van der Waals surface area contributed by atoms with Gasteiger partial charge in [0.2, 0.25) is 0 Å². The first-order valence-electron chi connectivity index (χ1n) is 6.36. The fourth-order valence-electron chi connectivity index (χ4n) is 2.26. The van der Waals surface area contributed by atoms with Gasteiger partial charge >= 0.3 is 0 Å². The standard InChI is InChI=1S/C13H18N2O4S2/c1-19-10-5-3-4-9(14)12(10)13(16)15-6-7-20-8-11(15)21(2,17)18/h3-5,11H,6-8,14H2,1-2H3. The highest BCUT2D eigenvalue weighted by Gasteiger charge is 2.36. The Labute approximate surface area is 128 Å². The van der Waals surface area contributed by atoms with Crippen molar-refractivity contribution >= 4 is 33.2 Å². The Balaban J connectivity index is 2.43. The van der Waals surface area contributed by atoms with Gasteiger partial charge in [-0.2, -0.15) is 11.8 Å². The number of ether oxygens (including phenoxy) is 1. The van der Waals surface area contributed by atoms with Crippen molar-refractivity contribution in [2.75, 3.05) is 37.1 Å². The maximum absolute atomic E-state index is 12.7. The maximum Gasteiger partial charge on any atom is 0.260 e. The van der Waals surface area contributed by atoms with Crippen LogP contribution in [0.15, 0.2) is 18.2 Å². The predicted octanol–water partition coefficient (Wildman–Crippen LogP) is 0.837. The molecule has 1 aromatic carbocycles. The largest absolute Gasteiger partial charge is 0.496 e. The summed E-state index contributed by atoms with van der Waals surface area (Å²) in [4.78, 5) is 14.1. The van der Waals surface area contributed by atoms with Crippen LogP contribution in [0.1, 0.15) is 10.4 Å². The second kappa shape index (κ2) is 6.15. The first kappa shape index (κ1) is 16.0. The van der Waals surface area contributed by atoms with Crippen molar-refractivity contribution in [1.29, 1.82) is 0 Å². The molecule has 1 saturated heterocycles. The van der Waals surface area contributed by atoms with Crippen LogP contribution >= 0.6 is 11.8 Å². The Morgan fingerprint density at radius 2 is 2.19 bits per heavy atom. The van der Waals surface area contributed by atoms with Crippen molar-refractivity contribution < 1.29 is 17.9 Å². The number of anilines is 1. The molecule has 6 nitrogen and oxygen atoms in total. The molecule has 1 aliphatic heterocycles. The topological polar surface area (TPSA) is 89.7 Å². The molecule has 0 aliphatic carbocycles. The average molecular weight is 330 g/mol. The Kier molecular flexibility index (Phi) is 4.67. The zero-order valence-corrected chi connectivity index (χ0v) is 13.5. The van der Waals surface area contributed by atoms with Crippen molar-refractivity contribution in [2.24, 2.45) is 0 Å². The van der Waals surface area contributed by atoms with E-state index in [-0.39, 0.29) is 11.3 Å². The maximum atomic E-state index is 12.7. The highest BCUT2D eigenvalue weighted by molar-refractivity contribution is 8.00. The first-order valence-corrected chi connectivity index (χ1v) is 9.47. The summed E-state index contributed by atoms with van der Waals surface area (Å²) in [7, 11) is -1.91. The smallest absolute Gasteiger partial charge is 0.260 e. The number of carbonyl (C=O) groups is 1. The monoisotopic (exact) mass is 330 g/mol. The Morgan fingerprint density at radius 3 is 2.81 bits per heavy atom. The van der Waals surface area contributed by atoms with Crippen LogP contribution in [0.3, 0.4) is 0 Å². The number of methoxy groups -OCH3 is 1. The Morgan fingerprint density at radius 1 is 1.48 bits per heavy atom. The molecule has 0 radical (unpaired) electrons. The average Bonchev–Trinajstić information content (AvgIpc) is 2.45. The minimum atomic E-state index is -3.36. The van der Waals surface area contributed by atoms with Crippen LogP contribution in [0.5, 0.6) is 5.75 Å². The van der Waals surface area contributed by atoms with Gasteiger partial charge in [-0.3, -0.25) is 4.79 Å². The number of hydrogen-bond donors (Lipinski definition) is 1. The molecule has 1 amide bonds. The lowest BCUT2D eigenvalue weighted by molar-refractivity contribution is 0.0747. The van der Waals surface area contributed by atoms with E-state index in [1.54, 1.807) is 18.2 Å². The third kappa shape index (κ3) is 3.26. The van der Waals surface area contributed by atoms with Gasteiger partial charge in [0.05, 0.1) is 7.11 Å². The summed E-state index contributed by atoms with van der Waals surface area (Å²) < 4.78 is 29.0. The summed E-state index contributed by atoms with van der Waals surface area (Å²) >= 11 is 1.52. The molecule has 21 heavy (non-hydrogen) atoms. The molecule has 1 heterocycles. The van der Waals surface area contributed by atoms with Crippen LogP contribution in [0.4, 0.5) is 5.69 Å². The van der Waals surface area contributed by atoms with Crippen LogP contribution in [-0.2, 0) is 9.84 Å². The van der Waals surface area contributed by atoms with Crippen LogP contribution in [-0.4, -0.2) is 56.0 Å². The minimum Gasteiger partial charge on any atom is -0.496 e. The van der Waals surface area contributed by atoms with Gasteiger partial charge in [0.15, 0.2) is 9.84 Å². The van der Waals surface area contributed by atoms with E-state index < -0.39 is 21.1 Å². The molecule has 1 atom stereocenters. The molecule has 0 aromatic heterocycles. The fourth-order valence-corrected chi connectivity index (χ4v) is 5.07. The van der Waals surface area contributed by atoms with Crippen LogP contribution in [0, 0.1) is 0 Å². The highest BCUT2D eigenvalue weighted by atomic mass is 32.2. The molecule has 1 aromatic rings. The number of sulfone groups is 1. The SMILES string of the molecule is COc1cccc(N)c1C(=O)N1CCSCC1S(C)(=O)=O. The molecule has 2 rings (SSSR count). The number of nitrogens with two attached hydrogens (primary N) is 1. The van der Waals surface area contributed by atoms with Crippen LogP contribution in [0.2, 0.25) is 0 Å². The number of nitrogens with zero attached hydrogens (tertiary/aromatic N) is 1. The molecular weight excluding hydrogens is 312 g/mol. The molecule has 0 bridgehead atoms. The van der Waals surface area contributed by atoms with Crippen molar-refractivity contribution in [1.82, 2.24) is 4.90 Å². The fraction of sp³-hybridized carbons (Fsp3) is 0.462. The lowest BCUT2D eigenvalue weighted by atomic mass is 10.1. The Hall–Kier alpha value is -1.41. The molecule has 2 N–H and O–H groups in total. The summed E-state index contributed by atoms with van der Waals surface area (Å²) in [6, 6.07) is 4.92. The van der Waals surface area contributed by atoms with E-state index in [9.17, 15) is 13.2 Å². The number of thioether (sulfide) groups is 1. The highest BCUT2D eigenvalue weighted by Crippen LogP contribution is 2.29. The summed E-state index contributed by atoms with van der Waals surface area (Å²) in [5.74, 6) is 1.03. The van der Waals surface area contributed by atoms with Crippen LogP contribution in [0.25, 0.3) is 0 Å². The summed E-state index contributed by atoms with van der Waals surface area (Å²) in [6.07, 6.45) is 1.15. The van der Waals surface area contributed by atoms with Crippen LogP contribution < -0.4 is 10.5 Å². The molecule has 1 unspecified atom stereocenters. The molecule has 0 saturated carbocycles. The molecule has 116 valence electrons. The third-order valence-corrected chi connectivity index (χ3v) is 5.98. The van der Waals surface area contributed by atoms with Gasteiger partial charge in [-0.05, 0) is 12.1 Å². The number of rotatable bonds is 3. The number of amides is 1. The van der Waals surface area contributed by atoms with E-state index >= 15 is 0 Å². The number of hydrogen-bond acceptors (Lipinski definition) is 6. The van der Waals surface area contributed by atoms with Gasteiger partial charge in [-0.25, -0.2) is 8.42 Å². The zero-order valence-electron chi connectivity index (χ0n) is 11.9. The lowest BCUT2D eigenvalue weighted by Gasteiger charge is -2.34. The third-order valence-electron chi connectivity index (χ3n) is 3.33. The number of benzene rings is 1. The van der Waals surface area contributed by atoms with E-state index in [1.807, 2.05) is 0 Å². The molecule has 1 fully saturated rings. The number of nitrogen functional groups attached to an aromatic ring is 1. The Bertz CT molecular complexity index is 646. The van der Waals surface area contributed by atoms with Gasteiger partial charge in [0, 0.05) is 30.0 Å². The summed E-state index contributed by atoms with van der Waals surface area (Å²) in [6.45, 7) is 0.374.